The van der Waals surface area contributed by atoms with Crippen molar-refractivity contribution in [2.75, 3.05) is 24.4 Å². The summed E-state index contributed by atoms with van der Waals surface area (Å²) in [5, 5.41) is 12.3. The highest BCUT2D eigenvalue weighted by Gasteiger charge is 2.20. The molecule has 1 amide bonds. The van der Waals surface area contributed by atoms with Crippen molar-refractivity contribution in [1.82, 2.24) is 0 Å². The first kappa shape index (κ1) is 19.6. The van der Waals surface area contributed by atoms with E-state index in [2.05, 4.69) is 22.3 Å². The van der Waals surface area contributed by atoms with Crippen molar-refractivity contribution in [3.63, 3.8) is 0 Å². The van der Waals surface area contributed by atoms with Crippen LogP contribution in [0, 0.1) is 11.3 Å². The molecule has 5 nitrogen and oxygen atoms in total. The van der Waals surface area contributed by atoms with E-state index in [0.29, 0.717) is 11.4 Å². The van der Waals surface area contributed by atoms with Gasteiger partial charge in [-0.2, -0.15) is 5.26 Å². The topological polar surface area (TPSA) is 65.4 Å². The van der Waals surface area contributed by atoms with Crippen molar-refractivity contribution in [3.8, 4) is 11.8 Å². The molecule has 0 spiro atoms. The predicted molar refractivity (Wildman–Crippen MR) is 120 cm³/mol. The first-order valence-electron chi connectivity index (χ1n) is 9.31. The normalized spacial score (nSPS) is 12.4. The molecule has 0 saturated carbocycles. The molecule has 3 aromatic rings. The molecular formula is C24H19N3O2S. The molecule has 0 aromatic heterocycles. The van der Waals surface area contributed by atoms with Crippen LogP contribution in [0.5, 0.6) is 5.75 Å². The Balaban J connectivity index is 1.61. The Labute approximate surface area is 179 Å². The summed E-state index contributed by atoms with van der Waals surface area (Å²) in [6.07, 6.45) is 1.60. The lowest BCUT2D eigenvalue weighted by molar-refractivity contribution is -0.112. The Bertz CT molecular complexity index is 1200. The van der Waals surface area contributed by atoms with Gasteiger partial charge in [0.15, 0.2) is 0 Å². The smallest absolute Gasteiger partial charge is 0.266 e. The van der Waals surface area contributed by atoms with Crippen LogP contribution in [0.3, 0.4) is 0 Å². The monoisotopic (exact) mass is 413 g/mol. The lowest BCUT2D eigenvalue weighted by Crippen LogP contribution is -2.15. The van der Waals surface area contributed by atoms with Crippen molar-refractivity contribution in [2.45, 2.75) is 9.79 Å². The molecule has 0 fully saturated rings. The summed E-state index contributed by atoms with van der Waals surface area (Å²) >= 11 is 1.68. The minimum Gasteiger partial charge on any atom is -0.495 e. The van der Waals surface area contributed by atoms with E-state index >= 15 is 0 Å². The quantitative estimate of drug-likeness (QED) is 0.454. The van der Waals surface area contributed by atoms with Crippen molar-refractivity contribution in [3.05, 3.63) is 77.9 Å². The third-order valence-corrected chi connectivity index (χ3v) is 5.94. The van der Waals surface area contributed by atoms with Gasteiger partial charge in [0, 0.05) is 16.8 Å². The summed E-state index contributed by atoms with van der Waals surface area (Å²) in [6, 6.07) is 23.2. The summed E-state index contributed by atoms with van der Waals surface area (Å²) in [5.41, 5.74) is 3.58. The van der Waals surface area contributed by atoms with Gasteiger partial charge in [0.1, 0.15) is 17.4 Å². The zero-order valence-electron chi connectivity index (χ0n) is 16.5. The number of rotatable bonds is 4. The van der Waals surface area contributed by atoms with Gasteiger partial charge in [-0.1, -0.05) is 42.1 Å². The predicted octanol–water partition coefficient (Wildman–Crippen LogP) is 5.47. The third kappa shape index (κ3) is 3.76. The number of carbonyl (C=O) groups is 1. The van der Waals surface area contributed by atoms with Crippen LogP contribution in [0.25, 0.3) is 6.08 Å². The van der Waals surface area contributed by atoms with Crippen molar-refractivity contribution >= 4 is 40.8 Å². The molecule has 0 saturated heterocycles. The van der Waals surface area contributed by atoms with E-state index in [1.165, 1.54) is 12.0 Å². The van der Waals surface area contributed by atoms with E-state index in [9.17, 15) is 10.1 Å². The maximum absolute atomic E-state index is 12.6. The number of para-hydroxylation sites is 3. The maximum atomic E-state index is 12.6. The van der Waals surface area contributed by atoms with Gasteiger partial charge in [-0.05, 0) is 48.0 Å². The van der Waals surface area contributed by atoms with E-state index in [-0.39, 0.29) is 5.57 Å². The number of nitriles is 1. The molecule has 1 heterocycles. The highest BCUT2D eigenvalue weighted by molar-refractivity contribution is 7.99. The van der Waals surface area contributed by atoms with Gasteiger partial charge in [0.05, 0.1) is 24.2 Å². The van der Waals surface area contributed by atoms with Crippen LogP contribution in [0.2, 0.25) is 0 Å². The van der Waals surface area contributed by atoms with Gasteiger partial charge >= 0.3 is 0 Å². The molecule has 1 aliphatic heterocycles. The summed E-state index contributed by atoms with van der Waals surface area (Å²) in [6.45, 7) is 0. The molecule has 0 unspecified atom stereocenters. The molecule has 0 radical (unpaired) electrons. The average Bonchev–Trinajstić information content (AvgIpc) is 2.77. The largest absolute Gasteiger partial charge is 0.495 e. The Kier molecular flexibility index (Phi) is 5.46. The average molecular weight is 414 g/mol. The van der Waals surface area contributed by atoms with Gasteiger partial charge in [0.2, 0.25) is 0 Å². The second-order valence-electron chi connectivity index (χ2n) is 6.68. The molecule has 1 aliphatic rings. The number of benzene rings is 3. The fourth-order valence-corrected chi connectivity index (χ4v) is 4.50. The second kappa shape index (κ2) is 8.36. The van der Waals surface area contributed by atoms with Crippen LogP contribution < -0.4 is 15.0 Å². The van der Waals surface area contributed by atoms with Crippen LogP contribution >= 0.6 is 11.8 Å². The summed E-state index contributed by atoms with van der Waals surface area (Å²) in [5.74, 6) is 0.0601. The Hall–Kier alpha value is -3.69. The molecule has 4 rings (SSSR count). The zero-order chi connectivity index (χ0) is 21.1. The van der Waals surface area contributed by atoms with Gasteiger partial charge in [-0.15, -0.1) is 0 Å². The molecule has 30 heavy (non-hydrogen) atoms. The SMILES string of the molecule is COc1ccccc1NC(=O)/C(C#N)=C/c1ccc2c(c1)Sc1ccccc1N2C. The molecule has 1 N–H and O–H groups in total. The summed E-state index contributed by atoms with van der Waals surface area (Å²) in [7, 11) is 3.57. The molecule has 0 bridgehead atoms. The number of amides is 1. The molecule has 6 heteroatoms. The first-order chi connectivity index (χ1) is 14.6. The van der Waals surface area contributed by atoms with Crippen LogP contribution in [0.4, 0.5) is 17.1 Å². The van der Waals surface area contributed by atoms with Gasteiger partial charge in [0.25, 0.3) is 5.91 Å². The first-order valence-corrected chi connectivity index (χ1v) is 10.1. The third-order valence-electron chi connectivity index (χ3n) is 4.82. The van der Waals surface area contributed by atoms with Gasteiger partial charge in [-0.3, -0.25) is 4.79 Å². The van der Waals surface area contributed by atoms with E-state index < -0.39 is 5.91 Å². The number of ether oxygens (including phenoxy) is 1. The van der Waals surface area contributed by atoms with Gasteiger partial charge < -0.3 is 15.0 Å². The zero-order valence-corrected chi connectivity index (χ0v) is 17.4. The highest BCUT2D eigenvalue weighted by atomic mass is 32.2. The summed E-state index contributed by atoms with van der Waals surface area (Å²) in [4.78, 5) is 17.0. The number of fused-ring (bicyclic) bond motifs is 2. The van der Waals surface area contributed by atoms with E-state index in [1.54, 1.807) is 36.0 Å². The number of carbonyl (C=O) groups excluding carboxylic acids is 1. The molecular weight excluding hydrogens is 394 g/mol. The fraction of sp³-hybridized carbons (Fsp3) is 0.0833. The van der Waals surface area contributed by atoms with E-state index in [0.717, 1.165) is 21.8 Å². The van der Waals surface area contributed by atoms with Crippen molar-refractivity contribution in [1.29, 1.82) is 5.26 Å². The Morgan fingerprint density at radius 3 is 2.60 bits per heavy atom. The maximum Gasteiger partial charge on any atom is 0.266 e. The molecule has 0 atom stereocenters. The van der Waals surface area contributed by atoms with Crippen LogP contribution in [-0.2, 0) is 4.79 Å². The lowest BCUT2D eigenvalue weighted by Gasteiger charge is -2.29. The minimum absolute atomic E-state index is 0.0235. The molecule has 0 aliphatic carbocycles. The molecule has 148 valence electrons. The van der Waals surface area contributed by atoms with Gasteiger partial charge in [-0.25, -0.2) is 0 Å². The number of hydrogen-bond acceptors (Lipinski definition) is 5. The number of methoxy groups -OCH3 is 1. The number of nitrogens with zero attached hydrogens (tertiary/aromatic N) is 2. The Morgan fingerprint density at radius 2 is 1.80 bits per heavy atom. The van der Waals surface area contributed by atoms with Crippen LogP contribution in [0.1, 0.15) is 5.56 Å². The van der Waals surface area contributed by atoms with Crippen LogP contribution in [0.15, 0.2) is 82.1 Å². The highest BCUT2D eigenvalue weighted by Crippen LogP contribution is 2.47. The second-order valence-corrected chi connectivity index (χ2v) is 7.76. The fourth-order valence-electron chi connectivity index (χ4n) is 3.30. The summed E-state index contributed by atoms with van der Waals surface area (Å²) < 4.78 is 5.25. The standard InChI is InChI=1S/C24H19N3O2S/c1-27-19-8-4-6-10-22(19)30-23-14-16(11-12-20(23)27)13-17(15-25)24(28)26-18-7-3-5-9-21(18)29-2/h3-14H,1-2H3,(H,26,28)/b17-13+. The number of anilines is 3. The van der Waals surface area contributed by atoms with Crippen LogP contribution in [-0.4, -0.2) is 20.1 Å². The lowest BCUT2D eigenvalue weighted by atomic mass is 10.1. The minimum atomic E-state index is -0.477. The number of hydrogen-bond donors (Lipinski definition) is 1. The molecule has 3 aromatic carbocycles. The Morgan fingerprint density at radius 1 is 1.07 bits per heavy atom. The van der Waals surface area contributed by atoms with Crippen molar-refractivity contribution in [2.24, 2.45) is 0 Å². The van der Waals surface area contributed by atoms with E-state index in [4.69, 9.17) is 4.74 Å². The van der Waals surface area contributed by atoms with Crippen molar-refractivity contribution < 1.29 is 9.53 Å². The van der Waals surface area contributed by atoms with E-state index in [1.807, 2.05) is 49.5 Å². The number of nitrogens with one attached hydrogen (secondary N) is 1.